The van der Waals surface area contributed by atoms with Gasteiger partial charge in [-0.15, -0.1) is 0 Å². The number of nitrogens with one attached hydrogen (secondary N) is 3. The van der Waals surface area contributed by atoms with Crippen LogP contribution in [0.25, 0.3) is 22.2 Å². The van der Waals surface area contributed by atoms with Crippen molar-refractivity contribution in [3.05, 3.63) is 54.1 Å². The van der Waals surface area contributed by atoms with Gasteiger partial charge in [0.05, 0.1) is 23.1 Å². The van der Waals surface area contributed by atoms with Gasteiger partial charge < -0.3 is 25.3 Å². The Hall–Kier alpha value is -3.63. The number of para-hydroxylation sites is 1. The molecular formula is C32H43FN6O3. The Morgan fingerprint density at radius 2 is 1.95 bits per heavy atom. The molecule has 226 valence electrons. The normalized spacial score (nSPS) is 18.7. The predicted molar refractivity (Wildman–Crippen MR) is 162 cm³/mol. The largest absolute Gasteiger partial charge is 0.343 e. The summed E-state index contributed by atoms with van der Waals surface area (Å²) in [7, 11) is 3.76. The van der Waals surface area contributed by atoms with E-state index in [-0.39, 0.29) is 42.2 Å². The molecule has 2 heterocycles. The van der Waals surface area contributed by atoms with Gasteiger partial charge in [-0.1, -0.05) is 38.1 Å². The molecule has 42 heavy (non-hydrogen) atoms. The highest BCUT2D eigenvalue weighted by atomic mass is 19.1. The van der Waals surface area contributed by atoms with Crippen LogP contribution < -0.4 is 10.6 Å². The summed E-state index contributed by atoms with van der Waals surface area (Å²) in [5, 5.41) is 5.61. The first-order valence-corrected chi connectivity index (χ1v) is 14.8. The van der Waals surface area contributed by atoms with Crippen LogP contribution in [0.2, 0.25) is 0 Å². The van der Waals surface area contributed by atoms with Crippen LogP contribution in [0.15, 0.2) is 42.5 Å². The summed E-state index contributed by atoms with van der Waals surface area (Å²) in [5.41, 5.74) is 3.39. The van der Waals surface area contributed by atoms with Crippen LogP contribution in [0.4, 0.5) is 4.39 Å². The number of nitrogens with zero attached hydrogens (tertiary/aromatic N) is 3. The monoisotopic (exact) mass is 578 g/mol. The summed E-state index contributed by atoms with van der Waals surface area (Å²) >= 11 is 0. The average Bonchev–Trinajstić information content (AvgIpc) is 3.56. The lowest BCUT2D eigenvalue weighted by Gasteiger charge is -2.30. The van der Waals surface area contributed by atoms with E-state index >= 15 is 0 Å². The standard InChI is InChI=1S/C32H43FN6O3/c1-20(2)16-29(41)39(18-24(19-40)35-32(42)21(3)34-4)15-14-25-12-13-28(38(25)5)31-36-27-11-7-10-26(30(27)37-31)22-8-6-9-23(33)17-22/h6-11,17,19-21,24-25,28,34H,12-16,18H2,1-5H3,(H,35,42)(H,36,37). The fourth-order valence-electron chi connectivity index (χ4n) is 5.69. The second-order valence-electron chi connectivity index (χ2n) is 11.7. The third-order valence-corrected chi connectivity index (χ3v) is 8.23. The molecule has 0 spiro atoms. The Morgan fingerprint density at radius 1 is 1.19 bits per heavy atom. The van der Waals surface area contributed by atoms with Gasteiger partial charge in [0.25, 0.3) is 0 Å². The summed E-state index contributed by atoms with van der Waals surface area (Å²) in [4.78, 5) is 49.8. The van der Waals surface area contributed by atoms with Gasteiger partial charge in [-0.2, -0.15) is 0 Å². The van der Waals surface area contributed by atoms with Gasteiger partial charge in [0, 0.05) is 31.1 Å². The number of hydrogen-bond acceptors (Lipinski definition) is 6. The highest BCUT2D eigenvalue weighted by molar-refractivity contribution is 5.92. The van der Waals surface area contributed by atoms with E-state index in [1.54, 1.807) is 24.9 Å². The zero-order valence-corrected chi connectivity index (χ0v) is 25.2. The third kappa shape index (κ3) is 7.41. The molecule has 3 aromatic rings. The highest BCUT2D eigenvalue weighted by Gasteiger charge is 2.34. The SMILES string of the molecule is CNC(C)C(=O)NC(C=O)CN(CCC1CCC(c2nc3c(-c4cccc(F)c4)cccc3[nH]2)N1C)C(=O)CC(C)C. The summed E-state index contributed by atoms with van der Waals surface area (Å²) in [5.74, 6) is 0.461. The van der Waals surface area contributed by atoms with E-state index in [0.29, 0.717) is 19.3 Å². The Kier molecular flexibility index (Phi) is 10.5. The topological polar surface area (TPSA) is 110 Å². The first-order valence-electron chi connectivity index (χ1n) is 14.8. The number of likely N-dealkylation sites (N-methyl/N-ethyl adjacent to an activating group) is 1. The number of halogens is 1. The van der Waals surface area contributed by atoms with Crippen molar-refractivity contribution in [2.45, 2.75) is 70.6 Å². The number of aromatic amines is 1. The van der Waals surface area contributed by atoms with E-state index < -0.39 is 12.1 Å². The van der Waals surface area contributed by atoms with E-state index in [1.807, 2.05) is 38.1 Å². The molecule has 4 unspecified atom stereocenters. The molecule has 4 rings (SSSR count). The molecule has 4 atom stereocenters. The molecule has 0 radical (unpaired) electrons. The van der Waals surface area contributed by atoms with Crippen molar-refractivity contribution in [2.75, 3.05) is 27.2 Å². The van der Waals surface area contributed by atoms with Gasteiger partial charge in [0.15, 0.2) is 0 Å². The number of imidazole rings is 1. The highest BCUT2D eigenvalue weighted by Crippen LogP contribution is 2.37. The zero-order valence-electron chi connectivity index (χ0n) is 25.2. The van der Waals surface area contributed by atoms with Crippen LogP contribution in [0.5, 0.6) is 0 Å². The summed E-state index contributed by atoms with van der Waals surface area (Å²) in [6.07, 6.45) is 3.66. The molecule has 0 bridgehead atoms. The molecule has 0 saturated carbocycles. The lowest BCUT2D eigenvalue weighted by molar-refractivity contribution is -0.134. The van der Waals surface area contributed by atoms with Gasteiger partial charge in [0.2, 0.25) is 11.8 Å². The maximum atomic E-state index is 13.9. The number of benzene rings is 2. The Bertz CT molecular complexity index is 1390. The fourth-order valence-corrected chi connectivity index (χ4v) is 5.69. The van der Waals surface area contributed by atoms with Gasteiger partial charge >= 0.3 is 0 Å². The maximum Gasteiger partial charge on any atom is 0.237 e. The molecular weight excluding hydrogens is 535 g/mol. The molecule has 2 amide bonds. The molecule has 0 aliphatic carbocycles. The Balaban J connectivity index is 1.46. The molecule has 10 heteroatoms. The number of fused-ring (bicyclic) bond motifs is 1. The second-order valence-corrected chi connectivity index (χ2v) is 11.7. The number of carbonyl (C=O) groups excluding carboxylic acids is 3. The smallest absolute Gasteiger partial charge is 0.237 e. The number of hydrogen-bond donors (Lipinski definition) is 3. The van der Waals surface area contributed by atoms with Crippen molar-refractivity contribution >= 4 is 29.1 Å². The van der Waals surface area contributed by atoms with Crippen LogP contribution in [0.3, 0.4) is 0 Å². The second kappa shape index (κ2) is 14.0. The minimum absolute atomic E-state index is 0.0212. The lowest BCUT2D eigenvalue weighted by Crippen LogP contribution is -2.51. The number of amides is 2. The quantitative estimate of drug-likeness (QED) is 0.264. The lowest BCUT2D eigenvalue weighted by atomic mass is 10.0. The fraction of sp³-hybridized carbons (Fsp3) is 0.500. The summed E-state index contributed by atoms with van der Waals surface area (Å²) < 4.78 is 13.9. The van der Waals surface area contributed by atoms with Gasteiger partial charge in [0.1, 0.15) is 24.0 Å². The van der Waals surface area contributed by atoms with E-state index in [2.05, 4.69) is 27.6 Å². The van der Waals surface area contributed by atoms with E-state index in [1.165, 1.54) is 12.1 Å². The minimum Gasteiger partial charge on any atom is -0.343 e. The summed E-state index contributed by atoms with van der Waals surface area (Å²) in [6, 6.07) is 11.5. The predicted octanol–water partition coefficient (Wildman–Crippen LogP) is 4.06. The number of rotatable bonds is 13. The average molecular weight is 579 g/mol. The molecule has 1 saturated heterocycles. The number of carbonyl (C=O) groups is 3. The molecule has 1 aliphatic rings. The van der Waals surface area contributed by atoms with Crippen LogP contribution in [-0.2, 0) is 14.4 Å². The molecule has 1 aromatic heterocycles. The van der Waals surface area contributed by atoms with Crippen molar-refractivity contribution in [1.82, 2.24) is 30.4 Å². The molecule has 1 aliphatic heterocycles. The van der Waals surface area contributed by atoms with Gasteiger partial charge in [-0.3, -0.25) is 14.5 Å². The Morgan fingerprint density at radius 3 is 2.64 bits per heavy atom. The van der Waals surface area contributed by atoms with E-state index in [9.17, 15) is 18.8 Å². The minimum atomic E-state index is -0.777. The zero-order chi connectivity index (χ0) is 30.4. The van der Waals surface area contributed by atoms with Crippen molar-refractivity contribution < 1.29 is 18.8 Å². The van der Waals surface area contributed by atoms with Crippen molar-refractivity contribution in [1.29, 1.82) is 0 Å². The molecule has 9 nitrogen and oxygen atoms in total. The van der Waals surface area contributed by atoms with Crippen LogP contribution in [-0.4, -0.2) is 83.2 Å². The van der Waals surface area contributed by atoms with Gasteiger partial charge in [-0.25, -0.2) is 9.37 Å². The van der Waals surface area contributed by atoms with E-state index in [4.69, 9.17) is 4.98 Å². The molecule has 2 aromatic carbocycles. The first-order chi connectivity index (χ1) is 20.1. The summed E-state index contributed by atoms with van der Waals surface area (Å²) in [6.45, 7) is 6.33. The van der Waals surface area contributed by atoms with Crippen LogP contribution in [0, 0.1) is 11.7 Å². The molecule has 3 N–H and O–H groups in total. The van der Waals surface area contributed by atoms with Crippen molar-refractivity contribution in [3.63, 3.8) is 0 Å². The van der Waals surface area contributed by atoms with Crippen LogP contribution >= 0.6 is 0 Å². The van der Waals surface area contributed by atoms with Crippen LogP contribution in [0.1, 0.15) is 58.3 Å². The van der Waals surface area contributed by atoms with Crippen molar-refractivity contribution in [3.8, 4) is 11.1 Å². The third-order valence-electron chi connectivity index (χ3n) is 8.23. The number of likely N-dealkylation sites (tertiary alicyclic amines) is 1. The van der Waals surface area contributed by atoms with Gasteiger partial charge in [-0.05, 0) is 70.0 Å². The van der Waals surface area contributed by atoms with Crippen molar-refractivity contribution in [2.24, 2.45) is 5.92 Å². The number of H-pyrrole nitrogens is 1. The number of aldehydes is 1. The Labute approximate surface area is 247 Å². The maximum absolute atomic E-state index is 13.9. The van der Waals surface area contributed by atoms with E-state index in [0.717, 1.165) is 47.2 Å². The number of aromatic nitrogens is 2. The first kappa shape index (κ1) is 31.3. The molecule has 1 fully saturated rings.